The van der Waals surface area contributed by atoms with E-state index >= 15 is 0 Å². The van der Waals surface area contributed by atoms with E-state index in [4.69, 9.17) is 11.6 Å². The smallest absolute Gasteiger partial charge is 0.261 e. The SMILES string of the molecule is CC(C)C1C(C)(C=O)C12CCC2(O)C(=O)Nc1ccc(S(=O)(=O)Nc2ccccc2Cl)cc1. The van der Waals surface area contributed by atoms with Crippen LogP contribution in [0.25, 0.3) is 0 Å². The van der Waals surface area contributed by atoms with Gasteiger partial charge in [-0.2, -0.15) is 0 Å². The standard InChI is InChI=1S/C24H27ClN2O5S/c1-15(2)20-22(3,14-28)23(20)12-13-24(23,30)21(29)26-16-8-10-17(11-9-16)33(31,32)27-19-7-5-4-6-18(19)25/h4-11,14-15,20,27,30H,12-13H2,1-3H3,(H,26,29). The van der Waals surface area contributed by atoms with Gasteiger partial charge in [0.2, 0.25) is 0 Å². The highest BCUT2D eigenvalue weighted by Gasteiger charge is 2.87. The van der Waals surface area contributed by atoms with Crippen LogP contribution in [0.15, 0.2) is 53.4 Å². The second-order valence-corrected chi connectivity index (χ2v) is 11.6. The lowest BCUT2D eigenvalue weighted by atomic mass is 9.60. The minimum Gasteiger partial charge on any atom is -0.379 e. The van der Waals surface area contributed by atoms with Gasteiger partial charge in [0.1, 0.15) is 11.9 Å². The maximum atomic E-state index is 13.1. The van der Waals surface area contributed by atoms with Gasteiger partial charge in [0.15, 0.2) is 0 Å². The zero-order valence-corrected chi connectivity index (χ0v) is 20.2. The Labute approximate surface area is 198 Å². The zero-order chi connectivity index (χ0) is 24.2. The second kappa shape index (κ2) is 7.82. The molecule has 4 unspecified atom stereocenters. The number of benzene rings is 2. The van der Waals surface area contributed by atoms with Crippen molar-refractivity contribution in [1.29, 1.82) is 0 Å². The number of rotatable bonds is 7. The Morgan fingerprint density at radius 3 is 2.27 bits per heavy atom. The first kappa shape index (κ1) is 23.7. The van der Waals surface area contributed by atoms with E-state index in [1.165, 1.54) is 24.3 Å². The quantitative estimate of drug-likeness (QED) is 0.506. The Bertz CT molecular complexity index is 1220. The van der Waals surface area contributed by atoms with Crippen LogP contribution >= 0.6 is 11.6 Å². The minimum absolute atomic E-state index is 0.00478. The second-order valence-electron chi connectivity index (χ2n) is 9.52. The lowest BCUT2D eigenvalue weighted by Crippen LogP contribution is -2.60. The normalized spacial score (nSPS) is 30.5. The fourth-order valence-electron chi connectivity index (χ4n) is 5.97. The lowest BCUT2D eigenvalue weighted by Gasteiger charge is -2.47. The Kier molecular flexibility index (Phi) is 5.62. The molecule has 4 rings (SSSR count). The van der Waals surface area contributed by atoms with Gasteiger partial charge in [-0.05, 0) is 61.1 Å². The maximum Gasteiger partial charge on any atom is 0.261 e. The van der Waals surface area contributed by atoms with Crippen molar-refractivity contribution in [3.05, 3.63) is 53.6 Å². The largest absolute Gasteiger partial charge is 0.379 e. The average molecular weight is 491 g/mol. The first-order valence-electron chi connectivity index (χ1n) is 10.8. The number of carbonyl (C=O) groups is 2. The van der Waals surface area contributed by atoms with E-state index < -0.39 is 32.4 Å². The van der Waals surface area contributed by atoms with Crippen molar-refractivity contribution in [3.63, 3.8) is 0 Å². The van der Waals surface area contributed by atoms with Gasteiger partial charge >= 0.3 is 0 Å². The van der Waals surface area contributed by atoms with Crippen molar-refractivity contribution in [3.8, 4) is 0 Å². The number of aldehydes is 1. The molecule has 0 saturated heterocycles. The van der Waals surface area contributed by atoms with Crippen LogP contribution in [-0.2, 0) is 19.6 Å². The fraction of sp³-hybridized carbons (Fsp3) is 0.417. The molecule has 0 radical (unpaired) electrons. The number of anilines is 2. The lowest BCUT2D eigenvalue weighted by molar-refractivity contribution is -0.168. The van der Waals surface area contributed by atoms with E-state index in [-0.39, 0.29) is 33.9 Å². The molecule has 176 valence electrons. The van der Waals surface area contributed by atoms with Gasteiger partial charge in [0, 0.05) is 16.5 Å². The third kappa shape index (κ3) is 3.38. The molecule has 33 heavy (non-hydrogen) atoms. The van der Waals surface area contributed by atoms with Gasteiger partial charge < -0.3 is 15.2 Å². The third-order valence-corrected chi connectivity index (χ3v) is 9.21. The van der Waals surface area contributed by atoms with Crippen molar-refractivity contribution in [2.45, 2.75) is 44.1 Å². The summed E-state index contributed by atoms with van der Waals surface area (Å²) in [6.45, 7) is 5.80. The maximum absolute atomic E-state index is 13.1. The summed E-state index contributed by atoms with van der Waals surface area (Å²) in [5.41, 5.74) is -2.54. The monoisotopic (exact) mass is 490 g/mol. The number of hydrogen-bond acceptors (Lipinski definition) is 5. The predicted molar refractivity (Wildman–Crippen MR) is 126 cm³/mol. The van der Waals surface area contributed by atoms with E-state index in [0.29, 0.717) is 12.1 Å². The van der Waals surface area contributed by atoms with E-state index in [2.05, 4.69) is 10.0 Å². The first-order valence-corrected chi connectivity index (χ1v) is 12.7. The summed E-state index contributed by atoms with van der Waals surface area (Å²) < 4.78 is 27.8. The first-order chi connectivity index (χ1) is 15.4. The van der Waals surface area contributed by atoms with Gasteiger partial charge in [-0.1, -0.05) is 44.5 Å². The topological polar surface area (TPSA) is 113 Å². The van der Waals surface area contributed by atoms with Crippen LogP contribution in [0, 0.1) is 22.7 Å². The molecule has 0 aliphatic heterocycles. The van der Waals surface area contributed by atoms with Gasteiger partial charge in [0.25, 0.3) is 15.9 Å². The molecule has 2 saturated carbocycles. The molecular formula is C24H27ClN2O5S. The van der Waals surface area contributed by atoms with Crippen molar-refractivity contribution >= 4 is 45.2 Å². The van der Waals surface area contributed by atoms with Crippen molar-refractivity contribution in [2.24, 2.45) is 22.7 Å². The molecule has 3 N–H and O–H groups in total. The van der Waals surface area contributed by atoms with Crippen LogP contribution in [0.5, 0.6) is 0 Å². The summed E-state index contributed by atoms with van der Waals surface area (Å²) in [6, 6.07) is 12.1. The summed E-state index contributed by atoms with van der Waals surface area (Å²) >= 11 is 6.03. The molecule has 2 aliphatic rings. The molecule has 0 bridgehead atoms. The molecule has 0 aromatic heterocycles. The predicted octanol–water partition coefficient (Wildman–Crippen LogP) is 4.08. The zero-order valence-electron chi connectivity index (χ0n) is 18.6. The number of aliphatic hydroxyl groups is 1. The highest BCUT2D eigenvalue weighted by molar-refractivity contribution is 7.92. The molecule has 1 amide bonds. The molecule has 2 aromatic rings. The molecule has 9 heteroatoms. The van der Waals surface area contributed by atoms with Crippen LogP contribution in [0.1, 0.15) is 33.6 Å². The molecule has 7 nitrogen and oxygen atoms in total. The van der Waals surface area contributed by atoms with E-state index in [9.17, 15) is 23.1 Å². The number of nitrogens with one attached hydrogen (secondary N) is 2. The van der Waals surface area contributed by atoms with Gasteiger partial charge in [-0.25, -0.2) is 8.42 Å². The van der Waals surface area contributed by atoms with Crippen molar-refractivity contribution in [2.75, 3.05) is 10.0 Å². The summed E-state index contributed by atoms with van der Waals surface area (Å²) in [6.07, 6.45) is 1.76. The summed E-state index contributed by atoms with van der Waals surface area (Å²) in [7, 11) is -3.88. The average Bonchev–Trinajstić information content (AvgIpc) is 3.38. The summed E-state index contributed by atoms with van der Waals surface area (Å²) in [4.78, 5) is 24.9. The third-order valence-electron chi connectivity index (χ3n) is 7.50. The van der Waals surface area contributed by atoms with Gasteiger partial charge in [-0.3, -0.25) is 9.52 Å². The van der Waals surface area contributed by atoms with E-state index in [0.717, 1.165) is 6.29 Å². The van der Waals surface area contributed by atoms with E-state index in [1.807, 2.05) is 20.8 Å². The molecule has 4 atom stereocenters. The van der Waals surface area contributed by atoms with Crippen molar-refractivity contribution in [1.82, 2.24) is 0 Å². The number of amides is 1. The fourth-order valence-corrected chi connectivity index (χ4v) is 7.29. The highest BCUT2D eigenvalue weighted by atomic mass is 35.5. The number of carbonyl (C=O) groups excluding carboxylic acids is 2. The molecule has 0 heterocycles. The Balaban J connectivity index is 1.50. The molecule has 2 fully saturated rings. The van der Waals surface area contributed by atoms with Crippen LogP contribution < -0.4 is 10.0 Å². The number of halogens is 1. The molecule has 2 aliphatic carbocycles. The van der Waals surface area contributed by atoms with Crippen LogP contribution in [0.4, 0.5) is 11.4 Å². The summed E-state index contributed by atoms with van der Waals surface area (Å²) in [5.74, 6) is -0.500. The Hall–Kier alpha value is -2.42. The van der Waals surface area contributed by atoms with Crippen LogP contribution in [-0.4, -0.2) is 31.3 Å². The van der Waals surface area contributed by atoms with Gasteiger partial charge in [0.05, 0.1) is 15.6 Å². The Morgan fingerprint density at radius 2 is 1.79 bits per heavy atom. The number of para-hydroxylation sites is 1. The van der Waals surface area contributed by atoms with Crippen LogP contribution in [0.3, 0.4) is 0 Å². The summed E-state index contributed by atoms with van der Waals surface area (Å²) in [5, 5.41) is 14.3. The van der Waals surface area contributed by atoms with Gasteiger partial charge in [-0.15, -0.1) is 0 Å². The van der Waals surface area contributed by atoms with Crippen molar-refractivity contribution < 1.29 is 23.1 Å². The Morgan fingerprint density at radius 1 is 1.15 bits per heavy atom. The van der Waals surface area contributed by atoms with E-state index in [1.54, 1.807) is 24.3 Å². The van der Waals surface area contributed by atoms with Crippen LogP contribution in [0.2, 0.25) is 5.02 Å². The number of sulfonamides is 1. The molecular weight excluding hydrogens is 464 g/mol. The highest BCUT2D eigenvalue weighted by Crippen LogP contribution is 2.82. The minimum atomic E-state index is -3.88. The molecule has 1 spiro atoms. The number of hydrogen-bond donors (Lipinski definition) is 3. The molecule has 2 aromatic carbocycles.